The average molecular weight is 304 g/mol. The Morgan fingerprint density at radius 2 is 1.76 bits per heavy atom. The quantitative estimate of drug-likeness (QED) is 0.534. The smallest absolute Gasteiger partial charge is 0.338 e. The van der Waals surface area contributed by atoms with Gasteiger partial charge in [-0.05, 0) is 25.1 Å². The Labute approximate surface area is 127 Å². The highest BCUT2D eigenvalue weighted by Crippen LogP contribution is 2.20. The minimum atomic E-state index is -0.878. The molecule has 0 aliphatic carbocycles. The maximum Gasteiger partial charge on any atom is 0.338 e. The number of esters is 1. The lowest BCUT2D eigenvalue weighted by molar-refractivity contribution is 0.0319. The Morgan fingerprint density at radius 1 is 1.10 bits per heavy atom. The Balaban J connectivity index is 2.08. The summed E-state index contributed by atoms with van der Waals surface area (Å²) in [6, 6.07) is 13.1. The number of anilines is 1. The molecule has 0 aromatic heterocycles. The maximum atomic E-state index is 12.1. The molecule has 0 amide bonds. The first-order chi connectivity index (χ1) is 9.99. The van der Waals surface area contributed by atoms with Crippen molar-refractivity contribution in [1.82, 2.24) is 0 Å². The van der Waals surface area contributed by atoms with Crippen LogP contribution in [0.15, 0.2) is 48.5 Å². The van der Waals surface area contributed by atoms with Gasteiger partial charge in [-0.3, -0.25) is 4.79 Å². The van der Waals surface area contributed by atoms with Crippen LogP contribution in [-0.2, 0) is 4.74 Å². The van der Waals surface area contributed by atoms with Gasteiger partial charge in [-0.2, -0.15) is 0 Å². The summed E-state index contributed by atoms with van der Waals surface area (Å²) in [6.45, 7) is 1.53. The maximum absolute atomic E-state index is 12.1. The van der Waals surface area contributed by atoms with E-state index in [1.807, 2.05) is 6.07 Å². The van der Waals surface area contributed by atoms with Gasteiger partial charge in [-0.15, -0.1) is 0 Å². The van der Waals surface area contributed by atoms with Gasteiger partial charge in [-0.1, -0.05) is 41.9 Å². The van der Waals surface area contributed by atoms with Gasteiger partial charge < -0.3 is 10.5 Å². The largest absolute Gasteiger partial charge is 0.451 e. The fourth-order valence-electron chi connectivity index (χ4n) is 1.79. The number of Topliss-reactive ketones (excluding diaryl/α,β-unsaturated/α-hetero) is 1. The molecule has 0 aliphatic heterocycles. The van der Waals surface area contributed by atoms with Crippen molar-refractivity contribution in [3.63, 3.8) is 0 Å². The molecule has 2 aromatic rings. The summed E-state index contributed by atoms with van der Waals surface area (Å²) in [4.78, 5) is 24.1. The molecule has 0 aliphatic rings. The van der Waals surface area contributed by atoms with Gasteiger partial charge in [0.15, 0.2) is 6.10 Å². The molecule has 5 heteroatoms. The number of nitrogen functional groups attached to an aromatic ring is 1. The molecule has 0 spiro atoms. The van der Waals surface area contributed by atoms with Crippen LogP contribution < -0.4 is 5.73 Å². The molecular weight excluding hydrogens is 290 g/mol. The van der Waals surface area contributed by atoms with E-state index in [0.717, 1.165) is 0 Å². The third-order valence-electron chi connectivity index (χ3n) is 2.94. The minimum Gasteiger partial charge on any atom is -0.451 e. The lowest BCUT2D eigenvalue weighted by Crippen LogP contribution is -2.24. The lowest BCUT2D eigenvalue weighted by Gasteiger charge is -2.12. The zero-order chi connectivity index (χ0) is 15.4. The van der Waals surface area contributed by atoms with E-state index in [4.69, 9.17) is 22.1 Å². The summed E-state index contributed by atoms with van der Waals surface area (Å²) in [5.41, 5.74) is 6.67. The van der Waals surface area contributed by atoms with Crippen LogP contribution in [0.5, 0.6) is 0 Å². The first-order valence-corrected chi connectivity index (χ1v) is 6.72. The third kappa shape index (κ3) is 3.61. The van der Waals surface area contributed by atoms with Crippen molar-refractivity contribution in [3.8, 4) is 0 Å². The Bertz CT molecular complexity index is 670. The number of benzene rings is 2. The van der Waals surface area contributed by atoms with E-state index in [1.54, 1.807) is 24.3 Å². The zero-order valence-corrected chi connectivity index (χ0v) is 12.1. The standard InChI is InChI=1S/C16H14ClNO3/c1-10(15(19)11-5-3-2-4-6-11)21-16(20)12-7-8-13(17)14(18)9-12/h2-10H,18H2,1H3/t10-/m1/s1. The molecule has 0 fully saturated rings. The van der Waals surface area contributed by atoms with Crippen molar-refractivity contribution >= 4 is 29.0 Å². The Hall–Kier alpha value is -2.33. The number of ketones is 1. The Morgan fingerprint density at radius 3 is 2.38 bits per heavy atom. The van der Waals surface area contributed by atoms with Crippen molar-refractivity contribution in [2.75, 3.05) is 5.73 Å². The summed E-state index contributed by atoms with van der Waals surface area (Å²) in [5.74, 6) is -0.874. The second-order valence-corrected chi connectivity index (χ2v) is 4.92. The lowest BCUT2D eigenvalue weighted by atomic mass is 10.1. The number of nitrogens with two attached hydrogens (primary N) is 1. The number of rotatable bonds is 4. The van der Waals surface area contributed by atoms with Crippen LogP contribution in [-0.4, -0.2) is 17.9 Å². The van der Waals surface area contributed by atoms with Crippen LogP contribution in [0.1, 0.15) is 27.6 Å². The predicted molar refractivity (Wildman–Crippen MR) is 81.5 cm³/mol. The molecule has 0 bridgehead atoms. The molecule has 2 aromatic carbocycles. The average Bonchev–Trinajstić information content (AvgIpc) is 2.50. The van der Waals surface area contributed by atoms with Crippen molar-refractivity contribution in [3.05, 3.63) is 64.7 Å². The van der Waals surface area contributed by atoms with Gasteiger partial charge in [0.25, 0.3) is 0 Å². The summed E-state index contributed by atoms with van der Waals surface area (Å²) < 4.78 is 5.16. The monoisotopic (exact) mass is 303 g/mol. The highest BCUT2D eigenvalue weighted by molar-refractivity contribution is 6.33. The fourth-order valence-corrected chi connectivity index (χ4v) is 1.91. The summed E-state index contributed by atoms with van der Waals surface area (Å²) in [7, 11) is 0. The second-order valence-electron chi connectivity index (χ2n) is 4.51. The summed E-state index contributed by atoms with van der Waals surface area (Å²) in [6.07, 6.45) is -0.878. The van der Waals surface area contributed by atoms with Gasteiger partial charge in [0.2, 0.25) is 5.78 Å². The molecule has 0 unspecified atom stereocenters. The van der Waals surface area contributed by atoms with E-state index in [0.29, 0.717) is 10.6 Å². The molecule has 2 N–H and O–H groups in total. The van der Waals surface area contributed by atoms with E-state index < -0.39 is 12.1 Å². The van der Waals surface area contributed by atoms with Crippen molar-refractivity contribution in [2.45, 2.75) is 13.0 Å². The molecule has 0 saturated carbocycles. The van der Waals surface area contributed by atoms with Crippen LogP contribution in [0.3, 0.4) is 0 Å². The summed E-state index contributed by atoms with van der Waals surface area (Å²) in [5, 5.41) is 0.361. The zero-order valence-electron chi connectivity index (χ0n) is 11.4. The first-order valence-electron chi connectivity index (χ1n) is 6.34. The molecule has 21 heavy (non-hydrogen) atoms. The van der Waals surface area contributed by atoms with Gasteiger partial charge in [0, 0.05) is 5.56 Å². The molecule has 4 nitrogen and oxygen atoms in total. The van der Waals surface area contributed by atoms with Gasteiger partial charge in [-0.25, -0.2) is 4.79 Å². The van der Waals surface area contributed by atoms with Gasteiger partial charge in [0.1, 0.15) is 0 Å². The Kier molecular flexibility index (Phi) is 4.60. The predicted octanol–water partition coefficient (Wildman–Crippen LogP) is 3.35. The van der Waals surface area contributed by atoms with Crippen LogP contribution in [0.4, 0.5) is 5.69 Å². The van der Waals surface area contributed by atoms with E-state index in [9.17, 15) is 9.59 Å². The van der Waals surface area contributed by atoms with Crippen LogP contribution in [0, 0.1) is 0 Å². The van der Waals surface area contributed by atoms with E-state index in [1.165, 1.54) is 25.1 Å². The van der Waals surface area contributed by atoms with E-state index >= 15 is 0 Å². The number of ether oxygens (including phenoxy) is 1. The topological polar surface area (TPSA) is 69.4 Å². The van der Waals surface area contributed by atoms with Crippen LogP contribution in [0.2, 0.25) is 5.02 Å². The molecule has 0 radical (unpaired) electrons. The number of hydrogen-bond donors (Lipinski definition) is 1. The van der Waals surface area contributed by atoms with E-state index in [-0.39, 0.29) is 17.0 Å². The van der Waals surface area contributed by atoms with Crippen LogP contribution in [0.25, 0.3) is 0 Å². The van der Waals surface area contributed by atoms with Crippen molar-refractivity contribution in [2.24, 2.45) is 0 Å². The number of hydrogen-bond acceptors (Lipinski definition) is 4. The highest BCUT2D eigenvalue weighted by Gasteiger charge is 2.20. The van der Waals surface area contributed by atoms with Crippen LogP contribution >= 0.6 is 11.6 Å². The number of carbonyl (C=O) groups is 2. The molecule has 1 atom stereocenters. The second kappa shape index (κ2) is 6.41. The molecule has 0 heterocycles. The molecule has 108 valence electrons. The van der Waals surface area contributed by atoms with Gasteiger partial charge >= 0.3 is 5.97 Å². The number of halogens is 1. The van der Waals surface area contributed by atoms with Gasteiger partial charge in [0.05, 0.1) is 16.3 Å². The van der Waals surface area contributed by atoms with E-state index in [2.05, 4.69) is 0 Å². The third-order valence-corrected chi connectivity index (χ3v) is 3.29. The highest BCUT2D eigenvalue weighted by atomic mass is 35.5. The van der Waals surface area contributed by atoms with Crippen molar-refractivity contribution in [1.29, 1.82) is 0 Å². The molecular formula is C16H14ClNO3. The first kappa shape index (κ1) is 15.1. The number of carbonyl (C=O) groups excluding carboxylic acids is 2. The minimum absolute atomic E-state index is 0.254. The summed E-state index contributed by atoms with van der Waals surface area (Å²) >= 11 is 5.79. The fraction of sp³-hybridized carbons (Fsp3) is 0.125. The molecule has 0 saturated heterocycles. The molecule has 2 rings (SSSR count). The SMILES string of the molecule is C[C@@H](OC(=O)c1ccc(Cl)c(N)c1)C(=O)c1ccccc1. The van der Waals surface area contributed by atoms with Crippen molar-refractivity contribution < 1.29 is 14.3 Å². The normalized spacial score (nSPS) is 11.7.